The summed E-state index contributed by atoms with van der Waals surface area (Å²) in [6.07, 6.45) is 2.34. The molecule has 0 aromatic heterocycles. The Morgan fingerprint density at radius 2 is 2.22 bits per heavy atom. The van der Waals surface area contributed by atoms with Gasteiger partial charge in [0, 0.05) is 23.5 Å². The zero-order valence-electron chi connectivity index (χ0n) is 11.2. The molecule has 1 aromatic rings. The number of carbonyl (C=O) groups excluding carboxylic acids is 1. The maximum atomic E-state index is 12.4. The predicted molar refractivity (Wildman–Crippen MR) is 74.7 cm³/mol. The first-order valence-corrected chi connectivity index (χ1v) is 7.02. The van der Waals surface area contributed by atoms with Crippen molar-refractivity contribution in [1.29, 1.82) is 5.26 Å². The van der Waals surface area contributed by atoms with Crippen LogP contribution in [0.2, 0.25) is 0 Å². The van der Waals surface area contributed by atoms with Crippen molar-refractivity contribution >= 4 is 17.7 Å². The Kier molecular flexibility index (Phi) is 5.24. The summed E-state index contributed by atoms with van der Waals surface area (Å²) in [5, 5.41) is 8.68. The number of amides is 1. The molecule has 3 nitrogen and oxygen atoms in total. The van der Waals surface area contributed by atoms with E-state index in [0.29, 0.717) is 12.0 Å². The van der Waals surface area contributed by atoms with Crippen molar-refractivity contribution < 1.29 is 4.79 Å². The lowest BCUT2D eigenvalue weighted by Gasteiger charge is -2.24. The molecule has 1 rings (SSSR count). The molecule has 0 saturated heterocycles. The van der Waals surface area contributed by atoms with Crippen LogP contribution in [-0.4, -0.2) is 30.2 Å². The van der Waals surface area contributed by atoms with Crippen LogP contribution in [0.15, 0.2) is 23.1 Å². The van der Waals surface area contributed by atoms with Gasteiger partial charge in [0.25, 0.3) is 5.91 Å². The molecule has 1 atom stereocenters. The summed E-state index contributed by atoms with van der Waals surface area (Å²) < 4.78 is 0. The summed E-state index contributed by atoms with van der Waals surface area (Å²) in [5.74, 6) is -0.0221. The second-order valence-electron chi connectivity index (χ2n) is 4.31. The Morgan fingerprint density at radius 3 is 2.78 bits per heavy atom. The lowest BCUT2D eigenvalue weighted by molar-refractivity contribution is 0.0745. The molecular formula is C14H18N2OS. The number of aryl methyl sites for hydroxylation is 1. The van der Waals surface area contributed by atoms with E-state index in [4.69, 9.17) is 5.26 Å². The summed E-state index contributed by atoms with van der Waals surface area (Å²) in [6, 6.07) is 7.91. The Balaban J connectivity index is 3.00. The molecule has 0 bridgehead atoms. The Morgan fingerprint density at radius 1 is 1.56 bits per heavy atom. The minimum absolute atomic E-state index is 0.0221. The molecular weight excluding hydrogens is 244 g/mol. The van der Waals surface area contributed by atoms with E-state index in [2.05, 4.69) is 6.07 Å². The lowest BCUT2D eigenvalue weighted by Crippen LogP contribution is -2.35. The van der Waals surface area contributed by atoms with Gasteiger partial charge in [0.2, 0.25) is 0 Å². The molecule has 0 fully saturated rings. The molecule has 0 aliphatic rings. The van der Waals surface area contributed by atoms with Gasteiger partial charge in [0.15, 0.2) is 0 Å². The molecule has 0 spiro atoms. The van der Waals surface area contributed by atoms with E-state index in [1.54, 1.807) is 23.7 Å². The van der Waals surface area contributed by atoms with Gasteiger partial charge in [0.1, 0.15) is 0 Å². The minimum atomic E-state index is -0.0696. The van der Waals surface area contributed by atoms with Gasteiger partial charge in [-0.2, -0.15) is 5.26 Å². The van der Waals surface area contributed by atoms with Crippen LogP contribution in [0.5, 0.6) is 0 Å². The highest BCUT2D eigenvalue weighted by Crippen LogP contribution is 2.20. The molecule has 18 heavy (non-hydrogen) atoms. The molecule has 1 aromatic carbocycles. The van der Waals surface area contributed by atoms with E-state index in [1.165, 1.54) is 0 Å². The molecule has 0 saturated carbocycles. The molecule has 0 N–H and O–H groups in total. The highest BCUT2D eigenvalue weighted by atomic mass is 32.2. The van der Waals surface area contributed by atoms with Gasteiger partial charge in [-0.25, -0.2) is 0 Å². The van der Waals surface area contributed by atoms with Gasteiger partial charge in [-0.05, 0) is 37.8 Å². The summed E-state index contributed by atoms with van der Waals surface area (Å²) in [7, 11) is 1.75. The summed E-state index contributed by atoms with van der Waals surface area (Å²) in [6.45, 7) is 3.81. The number of hydrogen-bond donors (Lipinski definition) is 0. The number of nitrogens with zero attached hydrogens (tertiary/aromatic N) is 2. The zero-order valence-corrected chi connectivity index (χ0v) is 12.0. The molecule has 1 amide bonds. The van der Waals surface area contributed by atoms with Crippen molar-refractivity contribution in [3.8, 4) is 6.07 Å². The number of benzene rings is 1. The van der Waals surface area contributed by atoms with Crippen molar-refractivity contribution in [2.45, 2.75) is 31.2 Å². The fourth-order valence-electron chi connectivity index (χ4n) is 1.62. The van der Waals surface area contributed by atoms with Crippen LogP contribution in [0.4, 0.5) is 0 Å². The fourth-order valence-corrected chi connectivity index (χ4v) is 2.06. The van der Waals surface area contributed by atoms with Crippen molar-refractivity contribution in [2.24, 2.45) is 0 Å². The third kappa shape index (κ3) is 3.27. The zero-order chi connectivity index (χ0) is 13.7. The van der Waals surface area contributed by atoms with E-state index < -0.39 is 0 Å². The van der Waals surface area contributed by atoms with Crippen LogP contribution < -0.4 is 0 Å². The number of hydrogen-bond acceptors (Lipinski definition) is 3. The van der Waals surface area contributed by atoms with Crippen LogP contribution in [0, 0.1) is 18.3 Å². The Bertz CT molecular complexity index is 479. The molecule has 0 radical (unpaired) electrons. The number of carbonyl (C=O) groups is 1. The Hall–Kier alpha value is -1.47. The quantitative estimate of drug-likeness (QED) is 0.783. The van der Waals surface area contributed by atoms with Crippen LogP contribution in [0.1, 0.15) is 29.3 Å². The topological polar surface area (TPSA) is 44.1 Å². The summed E-state index contributed by atoms with van der Waals surface area (Å²) >= 11 is 1.62. The van der Waals surface area contributed by atoms with Crippen LogP contribution in [0.25, 0.3) is 0 Å². The second-order valence-corrected chi connectivity index (χ2v) is 5.19. The number of thioether (sulfide) groups is 1. The average Bonchev–Trinajstić information content (AvgIpc) is 2.38. The average molecular weight is 262 g/mol. The normalized spacial score (nSPS) is 11.7. The SMILES string of the molecule is CSc1ccc(C)c(C(=O)N(C)[C@H](C)CC#N)c1. The van der Waals surface area contributed by atoms with Crippen LogP contribution in [-0.2, 0) is 0 Å². The number of rotatable bonds is 4. The molecule has 0 aliphatic carbocycles. The van der Waals surface area contributed by atoms with Crippen molar-refractivity contribution in [3.63, 3.8) is 0 Å². The van der Waals surface area contributed by atoms with E-state index in [0.717, 1.165) is 10.5 Å². The van der Waals surface area contributed by atoms with Crippen molar-refractivity contribution in [2.75, 3.05) is 13.3 Å². The fraction of sp³-hybridized carbons (Fsp3) is 0.429. The maximum absolute atomic E-state index is 12.4. The molecule has 0 aliphatic heterocycles. The largest absolute Gasteiger partial charge is 0.338 e. The van der Waals surface area contributed by atoms with Crippen molar-refractivity contribution in [1.82, 2.24) is 4.90 Å². The first-order chi connectivity index (χ1) is 8.51. The maximum Gasteiger partial charge on any atom is 0.254 e. The third-order valence-electron chi connectivity index (χ3n) is 3.04. The summed E-state index contributed by atoms with van der Waals surface area (Å²) in [4.78, 5) is 15.1. The van der Waals surface area contributed by atoms with Gasteiger partial charge in [-0.1, -0.05) is 6.07 Å². The summed E-state index contributed by atoms with van der Waals surface area (Å²) in [5.41, 5.74) is 1.68. The molecule has 96 valence electrons. The van der Waals surface area contributed by atoms with Crippen LogP contribution >= 0.6 is 11.8 Å². The van der Waals surface area contributed by atoms with Gasteiger partial charge >= 0.3 is 0 Å². The minimum Gasteiger partial charge on any atom is -0.338 e. The molecule has 4 heteroatoms. The van der Waals surface area contributed by atoms with Gasteiger partial charge in [0.05, 0.1) is 12.5 Å². The lowest BCUT2D eigenvalue weighted by atomic mass is 10.1. The highest BCUT2D eigenvalue weighted by Gasteiger charge is 2.19. The Labute approximate surface area is 113 Å². The van der Waals surface area contributed by atoms with Gasteiger partial charge < -0.3 is 4.90 Å². The first-order valence-electron chi connectivity index (χ1n) is 5.80. The monoisotopic (exact) mass is 262 g/mol. The smallest absolute Gasteiger partial charge is 0.254 e. The van der Waals surface area contributed by atoms with E-state index >= 15 is 0 Å². The third-order valence-corrected chi connectivity index (χ3v) is 3.77. The van der Waals surface area contributed by atoms with Gasteiger partial charge in [-0.3, -0.25) is 4.79 Å². The molecule has 0 heterocycles. The van der Waals surface area contributed by atoms with Crippen molar-refractivity contribution in [3.05, 3.63) is 29.3 Å². The highest BCUT2D eigenvalue weighted by molar-refractivity contribution is 7.98. The van der Waals surface area contributed by atoms with Gasteiger partial charge in [-0.15, -0.1) is 11.8 Å². The predicted octanol–water partition coefficient (Wildman–Crippen LogP) is 3.09. The van der Waals surface area contributed by atoms with Crippen LogP contribution in [0.3, 0.4) is 0 Å². The second kappa shape index (κ2) is 6.46. The van der Waals surface area contributed by atoms with E-state index in [9.17, 15) is 4.79 Å². The standard InChI is InChI=1S/C14H18N2OS/c1-10-5-6-12(18-4)9-13(10)14(17)16(3)11(2)7-8-15/h5-6,9,11H,7H2,1-4H3/t11-/m1/s1. The number of nitriles is 1. The first kappa shape index (κ1) is 14.6. The molecule has 0 unspecified atom stereocenters. The van der Waals surface area contributed by atoms with E-state index in [-0.39, 0.29) is 11.9 Å². The van der Waals surface area contributed by atoms with E-state index in [1.807, 2.05) is 38.3 Å².